The van der Waals surface area contributed by atoms with E-state index < -0.39 is 83.9 Å². The number of urea groups is 1. The fourth-order valence-electron chi connectivity index (χ4n) is 8.02. The van der Waals surface area contributed by atoms with Crippen LogP contribution in [0.3, 0.4) is 0 Å². The Morgan fingerprint density at radius 1 is 0.891 bits per heavy atom. The van der Waals surface area contributed by atoms with Crippen molar-refractivity contribution in [2.45, 2.75) is 115 Å². The zero-order valence-corrected chi connectivity index (χ0v) is 31.6. The number of amides is 7. The molecule has 4 aliphatic rings. The smallest absolute Gasteiger partial charge is 0.329 e. The molecule has 0 spiro atoms. The van der Waals surface area contributed by atoms with Crippen LogP contribution in [0.5, 0.6) is 0 Å². The number of esters is 1. The van der Waals surface area contributed by atoms with E-state index in [9.17, 15) is 33.6 Å². The molecule has 8 unspecified atom stereocenters. The van der Waals surface area contributed by atoms with Gasteiger partial charge in [0, 0.05) is 32.1 Å². The summed E-state index contributed by atoms with van der Waals surface area (Å²) < 4.78 is 11.0. The Bertz CT molecular complexity index is 1790. The fraction of sp³-hybridized carbons (Fsp3) is 0.579. The van der Waals surface area contributed by atoms with Gasteiger partial charge in [0.1, 0.15) is 48.1 Å². The third-order valence-corrected chi connectivity index (χ3v) is 10.8. The van der Waals surface area contributed by atoms with Crippen molar-refractivity contribution in [1.82, 2.24) is 35.8 Å². The molecule has 0 aliphatic carbocycles. The predicted molar refractivity (Wildman–Crippen MR) is 196 cm³/mol. The van der Waals surface area contributed by atoms with E-state index in [-0.39, 0.29) is 31.2 Å². The molecule has 0 bridgehead atoms. The molecule has 6 rings (SSSR count). The Morgan fingerprint density at radius 3 is 2.33 bits per heavy atom. The van der Waals surface area contributed by atoms with E-state index in [2.05, 4.69) is 26.4 Å². The number of hydrogen-bond donors (Lipinski definition) is 4. The third-order valence-electron chi connectivity index (χ3n) is 10.8. The number of aromatic nitrogens is 1. The molecule has 2 aromatic rings. The van der Waals surface area contributed by atoms with E-state index in [4.69, 9.17) is 9.26 Å². The first kappa shape index (κ1) is 39.2. The standard InChI is InChI=1S/C38H50N8O9/c1-21-17-29-37(52)54-24(4)31(42-32(47)26(19-25-11-6-5-7-12-25)40-38(53)41-30-18-22(2)55-43-30)36(51)45-16-10-14-28(45)35(50)44-15-9-8-13-27(44)33(48)39-23(3)34(49)46(29)20-21/h5-7,11-12,18,21,23-24,26-29,31H,8-10,13-17,19-20H2,1-4H3,(H,39,48)(H,42,47)(H2,40,41,43,53). The average molecular weight is 763 g/mol. The number of piperidine rings is 1. The predicted octanol–water partition coefficient (Wildman–Crippen LogP) is 1.26. The van der Waals surface area contributed by atoms with Crippen LogP contribution in [0, 0.1) is 12.8 Å². The Labute approximate surface area is 319 Å². The second-order valence-corrected chi connectivity index (χ2v) is 15.1. The zero-order chi connectivity index (χ0) is 39.4. The highest BCUT2D eigenvalue weighted by atomic mass is 16.5. The first-order valence-electron chi connectivity index (χ1n) is 19.1. The number of nitrogens with one attached hydrogen (secondary N) is 4. The fourth-order valence-corrected chi connectivity index (χ4v) is 8.02. The van der Waals surface area contributed by atoms with Crippen molar-refractivity contribution >= 4 is 47.4 Å². The molecule has 17 nitrogen and oxygen atoms in total. The number of nitrogens with zero attached hydrogens (tertiary/aromatic N) is 4. The minimum absolute atomic E-state index is 0.0332. The Balaban J connectivity index is 1.32. The number of ether oxygens (including phenoxy) is 1. The summed E-state index contributed by atoms with van der Waals surface area (Å²) in [4.78, 5) is 102. The van der Waals surface area contributed by atoms with Crippen molar-refractivity contribution in [3.63, 3.8) is 0 Å². The van der Waals surface area contributed by atoms with Gasteiger partial charge in [0.2, 0.25) is 29.5 Å². The number of aryl methyl sites for hydroxylation is 1. The van der Waals surface area contributed by atoms with E-state index in [0.717, 1.165) is 0 Å². The molecule has 4 aliphatic heterocycles. The third kappa shape index (κ3) is 8.92. The molecule has 4 fully saturated rings. The minimum atomic E-state index is -1.48. The van der Waals surface area contributed by atoms with Crippen molar-refractivity contribution in [2.24, 2.45) is 5.92 Å². The molecule has 1 aromatic heterocycles. The highest BCUT2D eigenvalue weighted by Gasteiger charge is 2.47. The number of carbonyl (C=O) groups is 7. The lowest BCUT2D eigenvalue weighted by Gasteiger charge is -2.39. The SMILES string of the molecule is Cc1cc(NC(=O)NC(Cc2ccccc2)C(=O)NC2C(=O)N3CCCC3C(=O)N3CCCCC3C(=O)NC(C)C(=O)N3CC(C)CC3C(=O)OC2C)no1. The normalized spacial score (nSPS) is 28.4. The molecule has 4 N–H and O–H groups in total. The molecule has 17 heteroatoms. The molecule has 4 saturated heterocycles. The Morgan fingerprint density at radius 2 is 1.60 bits per heavy atom. The monoisotopic (exact) mass is 762 g/mol. The van der Waals surface area contributed by atoms with Gasteiger partial charge >= 0.3 is 12.0 Å². The van der Waals surface area contributed by atoms with Crippen LogP contribution in [0.4, 0.5) is 10.6 Å². The quantitative estimate of drug-likeness (QED) is 0.310. The van der Waals surface area contributed by atoms with E-state index in [1.165, 1.54) is 27.7 Å². The maximum Gasteiger partial charge on any atom is 0.329 e. The molecule has 0 radical (unpaired) electrons. The number of hydrogen-bond acceptors (Lipinski definition) is 10. The second-order valence-electron chi connectivity index (χ2n) is 15.1. The summed E-state index contributed by atoms with van der Waals surface area (Å²) >= 11 is 0. The van der Waals surface area contributed by atoms with Gasteiger partial charge in [-0.25, -0.2) is 9.59 Å². The van der Waals surface area contributed by atoms with Crippen LogP contribution in [0.25, 0.3) is 0 Å². The van der Waals surface area contributed by atoms with Gasteiger partial charge in [0.25, 0.3) is 0 Å². The summed E-state index contributed by atoms with van der Waals surface area (Å²) in [6.45, 7) is 7.34. The van der Waals surface area contributed by atoms with Gasteiger partial charge in [0.15, 0.2) is 5.82 Å². The van der Waals surface area contributed by atoms with Crippen molar-refractivity contribution in [1.29, 1.82) is 0 Å². The maximum absolute atomic E-state index is 14.7. The molecule has 7 amide bonds. The maximum atomic E-state index is 14.7. The molecule has 0 saturated carbocycles. The van der Waals surface area contributed by atoms with Crippen LogP contribution in [-0.4, -0.2) is 123 Å². The lowest BCUT2D eigenvalue weighted by atomic mass is 9.99. The van der Waals surface area contributed by atoms with E-state index in [1.807, 2.05) is 13.0 Å². The highest BCUT2D eigenvalue weighted by Crippen LogP contribution is 2.29. The summed E-state index contributed by atoms with van der Waals surface area (Å²) in [5.74, 6) is -2.98. The summed E-state index contributed by atoms with van der Waals surface area (Å²) in [6.07, 6.45) is 1.65. The van der Waals surface area contributed by atoms with Crippen LogP contribution in [0.15, 0.2) is 40.9 Å². The van der Waals surface area contributed by atoms with E-state index in [0.29, 0.717) is 56.4 Å². The number of benzene rings is 1. The van der Waals surface area contributed by atoms with Gasteiger partial charge in [-0.15, -0.1) is 0 Å². The summed E-state index contributed by atoms with van der Waals surface area (Å²) in [6, 6.07) is 3.25. The Hall–Kier alpha value is -5.48. The van der Waals surface area contributed by atoms with Gasteiger partial charge in [-0.1, -0.05) is 42.4 Å². The lowest BCUT2D eigenvalue weighted by Crippen LogP contribution is -2.63. The number of anilines is 1. The Kier molecular flexibility index (Phi) is 12.1. The number of carbonyl (C=O) groups excluding carboxylic acids is 7. The molecular formula is C38H50N8O9. The highest BCUT2D eigenvalue weighted by molar-refractivity contribution is 5.98. The summed E-state index contributed by atoms with van der Waals surface area (Å²) in [5.41, 5.74) is 0.712. The van der Waals surface area contributed by atoms with E-state index in [1.54, 1.807) is 38.1 Å². The van der Waals surface area contributed by atoms with Crippen LogP contribution in [-0.2, 0) is 39.9 Å². The molecule has 8 atom stereocenters. The van der Waals surface area contributed by atoms with Gasteiger partial charge in [-0.05, 0) is 70.8 Å². The number of fused-ring (bicyclic) bond motifs is 3. The van der Waals surface area contributed by atoms with Crippen molar-refractivity contribution in [3.05, 3.63) is 47.7 Å². The number of rotatable bonds is 6. The van der Waals surface area contributed by atoms with E-state index >= 15 is 0 Å². The van der Waals surface area contributed by atoms with Crippen LogP contribution in [0.2, 0.25) is 0 Å². The molecular weight excluding hydrogens is 712 g/mol. The topological polar surface area (TPSA) is 213 Å². The zero-order valence-electron chi connectivity index (χ0n) is 31.6. The van der Waals surface area contributed by atoms with Gasteiger partial charge in [0.05, 0.1) is 0 Å². The summed E-state index contributed by atoms with van der Waals surface area (Å²) in [5, 5.41) is 14.5. The molecule has 1 aromatic carbocycles. The summed E-state index contributed by atoms with van der Waals surface area (Å²) in [7, 11) is 0. The first-order valence-corrected chi connectivity index (χ1v) is 19.1. The molecule has 5 heterocycles. The first-order chi connectivity index (χ1) is 26.3. The minimum Gasteiger partial charge on any atom is -0.458 e. The number of cyclic esters (lactones) is 1. The van der Waals surface area contributed by atoms with Gasteiger partial charge in [-0.2, -0.15) is 0 Å². The van der Waals surface area contributed by atoms with Crippen molar-refractivity contribution in [2.75, 3.05) is 25.0 Å². The average Bonchev–Trinajstić information content (AvgIpc) is 3.92. The molecule has 296 valence electrons. The van der Waals surface area contributed by atoms with Gasteiger partial charge in [-0.3, -0.25) is 29.3 Å². The second kappa shape index (κ2) is 16.9. The van der Waals surface area contributed by atoms with Crippen LogP contribution < -0.4 is 21.3 Å². The van der Waals surface area contributed by atoms with Crippen molar-refractivity contribution < 1.29 is 42.8 Å². The molecule has 55 heavy (non-hydrogen) atoms. The van der Waals surface area contributed by atoms with Crippen molar-refractivity contribution in [3.8, 4) is 0 Å². The largest absolute Gasteiger partial charge is 0.458 e. The van der Waals surface area contributed by atoms with Gasteiger partial charge < -0.3 is 39.9 Å². The lowest BCUT2D eigenvalue weighted by molar-refractivity contribution is -0.163. The van der Waals surface area contributed by atoms with Crippen LogP contribution in [0.1, 0.15) is 70.6 Å². The van der Waals surface area contributed by atoms with Crippen LogP contribution >= 0.6 is 0 Å².